The van der Waals surface area contributed by atoms with Crippen molar-refractivity contribution in [2.24, 2.45) is 5.14 Å². The zero-order chi connectivity index (χ0) is 12.6. The summed E-state index contributed by atoms with van der Waals surface area (Å²) in [4.78, 5) is 0.826. The van der Waals surface area contributed by atoms with E-state index in [4.69, 9.17) is 10.9 Å². The van der Waals surface area contributed by atoms with Crippen molar-refractivity contribution in [3.05, 3.63) is 18.2 Å². The molecule has 0 amide bonds. The van der Waals surface area contributed by atoms with Gasteiger partial charge in [-0.3, -0.25) is 0 Å². The Hall–Kier alpha value is -0.720. The smallest absolute Gasteiger partial charge is 0.238 e. The van der Waals surface area contributed by atoms with Crippen molar-refractivity contribution in [1.82, 2.24) is 0 Å². The summed E-state index contributed by atoms with van der Waals surface area (Å²) in [5.41, 5.74) is 6.35. The lowest BCUT2D eigenvalue weighted by Crippen LogP contribution is -2.13. The molecule has 0 aliphatic rings. The molecule has 1 rings (SSSR count). The predicted octanol–water partition coefficient (Wildman–Crippen LogP) is 1.81. The van der Waals surface area contributed by atoms with E-state index >= 15 is 0 Å². The van der Waals surface area contributed by atoms with Gasteiger partial charge in [0.25, 0.3) is 0 Å². The topological polar surface area (TPSA) is 86.2 Å². The Morgan fingerprint density at radius 2 is 1.81 bits per heavy atom. The molecule has 0 saturated heterocycles. The fourth-order valence-electron chi connectivity index (χ4n) is 1.11. The molecule has 90 valence electrons. The molecule has 4 N–H and O–H groups in total. The molecule has 0 aliphatic carbocycles. The lowest BCUT2D eigenvalue weighted by molar-refractivity contribution is 0.597. The Morgan fingerprint density at radius 3 is 2.25 bits per heavy atom. The van der Waals surface area contributed by atoms with E-state index in [0.717, 1.165) is 4.90 Å². The van der Waals surface area contributed by atoms with Crippen LogP contribution in [0, 0.1) is 0 Å². The predicted molar refractivity (Wildman–Crippen MR) is 67.8 cm³/mol. The van der Waals surface area contributed by atoms with E-state index < -0.39 is 10.0 Å². The molecule has 0 bridgehead atoms. The van der Waals surface area contributed by atoms with Crippen molar-refractivity contribution in [2.45, 2.75) is 35.3 Å². The molecular formula is C10H16N2O2S2. The number of nitrogen functional groups attached to an aromatic ring is 1. The van der Waals surface area contributed by atoms with Gasteiger partial charge in [-0.25, -0.2) is 13.6 Å². The summed E-state index contributed by atoms with van der Waals surface area (Å²) in [7, 11) is -3.67. The highest BCUT2D eigenvalue weighted by Gasteiger charge is 2.16. The first-order valence-corrected chi connectivity index (χ1v) is 7.07. The lowest BCUT2D eigenvalue weighted by Gasteiger charge is -2.19. The van der Waals surface area contributed by atoms with Gasteiger partial charge in [0, 0.05) is 15.3 Å². The van der Waals surface area contributed by atoms with Crippen LogP contribution in [0.4, 0.5) is 5.69 Å². The third kappa shape index (κ3) is 3.70. The third-order valence-corrected chi connectivity index (χ3v) is 3.83. The monoisotopic (exact) mass is 260 g/mol. The minimum atomic E-state index is -3.67. The van der Waals surface area contributed by atoms with E-state index in [-0.39, 0.29) is 9.64 Å². The molecule has 4 nitrogen and oxygen atoms in total. The van der Waals surface area contributed by atoms with Crippen molar-refractivity contribution in [2.75, 3.05) is 5.73 Å². The molecule has 0 heterocycles. The average Bonchev–Trinajstić information content (AvgIpc) is 2.04. The highest BCUT2D eigenvalue weighted by Crippen LogP contribution is 2.36. The summed E-state index contributed by atoms with van der Waals surface area (Å²) < 4.78 is 22.3. The molecule has 0 aliphatic heterocycles. The van der Waals surface area contributed by atoms with Crippen molar-refractivity contribution < 1.29 is 8.42 Å². The van der Waals surface area contributed by atoms with Crippen molar-refractivity contribution in [3.8, 4) is 0 Å². The maximum absolute atomic E-state index is 11.2. The van der Waals surface area contributed by atoms with Crippen LogP contribution in [0.2, 0.25) is 0 Å². The Kier molecular flexibility index (Phi) is 3.56. The summed E-state index contributed by atoms with van der Waals surface area (Å²) in [5.74, 6) is 0. The summed E-state index contributed by atoms with van der Waals surface area (Å²) in [5, 5.41) is 5.06. The van der Waals surface area contributed by atoms with E-state index in [2.05, 4.69) is 0 Å². The quantitative estimate of drug-likeness (QED) is 0.627. The van der Waals surface area contributed by atoms with Crippen LogP contribution >= 0.6 is 11.8 Å². The van der Waals surface area contributed by atoms with Crippen LogP contribution < -0.4 is 10.9 Å². The number of nitrogens with two attached hydrogens (primary N) is 2. The molecule has 1 aromatic rings. The molecule has 16 heavy (non-hydrogen) atoms. The second-order valence-corrected chi connectivity index (χ2v) is 7.89. The van der Waals surface area contributed by atoms with Gasteiger partial charge in [-0.05, 0) is 18.2 Å². The van der Waals surface area contributed by atoms with Crippen LogP contribution in [-0.2, 0) is 10.0 Å². The number of hydrogen-bond donors (Lipinski definition) is 2. The van der Waals surface area contributed by atoms with E-state index in [0.29, 0.717) is 5.69 Å². The first-order chi connectivity index (χ1) is 7.09. The third-order valence-electron chi connectivity index (χ3n) is 1.73. The summed E-state index contributed by atoms with van der Waals surface area (Å²) >= 11 is 1.51. The largest absolute Gasteiger partial charge is 0.398 e. The molecule has 0 aromatic heterocycles. The zero-order valence-corrected chi connectivity index (χ0v) is 11.2. The highest BCUT2D eigenvalue weighted by atomic mass is 32.2. The van der Waals surface area contributed by atoms with E-state index in [1.54, 1.807) is 6.07 Å². The molecule has 0 radical (unpaired) electrons. The second kappa shape index (κ2) is 4.27. The molecule has 0 unspecified atom stereocenters. The maximum Gasteiger partial charge on any atom is 0.238 e. The number of sulfonamides is 1. The average molecular weight is 260 g/mol. The van der Waals surface area contributed by atoms with Crippen molar-refractivity contribution in [1.29, 1.82) is 0 Å². The van der Waals surface area contributed by atoms with Crippen molar-refractivity contribution >= 4 is 27.5 Å². The van der Waals surface area contributed by atoms with Crippen LogP contribution in [0.5, 0.6) is 0 Å². The molecular weight excluding hydrogens is 244 g/mol. The number of thioether (sulfide) groups is 1. The van der Waals surface area contributed by atoms with Crippen LogP contribution in [-0.4, -0.2) is 13.2 Å². The second-order valence-electron chi connectivity index (χ2n) is 4.46. The minimum absolute atomic E-state index is 0.0366. The van der Waals surface area contributed by atoms with Gasteiger partial charge >= 0.3 is 0 Å². The van der Waals surface area contributed by atoms with Crippen LogP contribution in [0.3, 0.4) is 0 Å². The molecule has 1 aromatic carbocycles. The molecule has 0 spiro atoms. The fourth-order valence-corrected chi connectivity index (χ4v) is 2.76. The van der Waals surface area contributed by atoms with Gasteiger partial charge < -0.3 is 5.73 Å². The van der Waals surface area contributed by atoms with Gasteiger partial charge in [-0.1, -0.05) is 20.8 Å². The highest BCUT2D eigenvalue weighted by molar-refractivity contribution is 8.00. The van der Waals surface area contributed by atoms with E-state index in [1.807, 2.05) is 20.8 Å². The Bertz CT molecular complexity index is 490. The van der Waals surface area contributed by atoms with E-state index in [1.165, 1.54) is 23.9 Å². The zero-order valence-electron chi connectivity index (χ0n) is 9.52. The Balaban J connectivity index is 3.20. The number of benzene rings is 1. The van der Waals surface area contributed by atoms with Crippen LogP contribution in [0.15, 0.2) is 28.0 Å². The number of anilines is 1. The van der Waals surface area contributed by atoms with Crippen LogP contribution in [0.1, 0.15) is 20.8 Å². The Labute approximate surface area is 100 Å². The first-order valence-electron chi connectivity index (χ1n) is 4.71. The summed E-state index contributed by atoms with van der Waals surface area (Å²) in [6.07, 6.45) is 0. The lowest BCUT2D eigenvalue weighted by atomic mass is 10.3. The first kappa shape index (κ1) is 13.3. The maximum atomic E-state index is 11.2. The van der Waals surface area contributed by atoms with Gasteiger partial charge in [0.1, 0.15) is 0 Å². The van der Waals surface area contributed by atoms with Gasteiger partial charge in [-0.15, -0.1) is 11.8 Å². The SMILES string of the molecule is CC(C)(C)Sc1cc(S(N)(=O)=O)ccc1N. The Morgan fingerprint density at radius 1 is 1.25 bits per heavy atom. The fraction of sp³-hybridized carbons (Fsp3) is 0.400. The van der Waals surface area contributed by atoms with E-state index in [9.17, 15) is 8.42 Å². The minimum Gasteiger partial charge on any atom is -0.398 e. The molecule has 0 atom stereocenters. The van der Waals surface area contributed by atoms with Crippen LogP contribution in [0.25, 0.3) is 0 Å². The molecule has 0 fully saturated rings. The summed E-state index contributed by atoms with van der Waals surface area (Å²) in [6.45, 7) is 6.09. The van der Waals surface area contributed by atoms with Gasteiger partial charge in [0.2, 0.25) is 10.0 Å². The van der Waals surface area contributed by atoms with Gasteiger partial charge in [0.15, 0.2) is 0 Å². The molecule has 6 heteroatoms. The number of hydrogen-bond acceptors (Lipinski definition) is 4. The van der Waals surface area contributed by atoms with Gasteiger partial charge in [0.05, 0.1) is 4.90 Å². The standard InChI is InChI=1S/C10H16N2O2S2/c1-10(2,3)15-9-6-7(16(12,13)14)4-5-8(9)11/h4-6H,11H2,1-3H3,(H2,12,13,14). The van der Waals surface area contributed by atoms with Gasteiger partial charge in [-0.2, -0.15) is 0 Å². The number of rotatable bonds is 2. The summed E-state index contributed by atoms with van der Waals surface area (Å²) in [6, 6.07) is 4.49. The number of primary sulfonamides is 1. The van der Waals surface area contributed by atoms with Crippen molar-refractivity contribution in [3.63, 3.8) is 0 Å². The normalized spacial score (nSPS) is 12.8. The molecule has 0 saturated carbocycles.